The Kier molecular flexibility index (Phi) is 4.34. The van der Waals surface area contributed by atoms with Crippen molar-refractivity contribution in [3.8, 4) is 17.6 Å². The molecule has 0 aliphatic heterocycles. The Hall–Kier alpha value is -3.46. The van der Waals surface area contributed by atoms with Crippen LogP contribution in [0.2, 0.25) is 0 Å². The Morgan fingerprint density at radius 2 is 2.00 bits per heavy atom. The van der Waals surface area contributed by atoms with E-state index in [1.54, 1.807) is 31.4 Å². The molecule has 0 spiro atoms. The van der Waals surface area contributed by atoms with Gasteiger partial charge in [0.2, 0.25) is 0 Å². The van der Waals surface area contributed by atoms with Crippen molar-refractivity contribution in [3.63, 3.8) is 0 Å². The minimum Gasteiger partial charge on any atom is -0.507 e. The number of benzene rings is 2. The number of methoxy groups -OCH3 is 1. The Morgan fingerprint density at radius 3 is 2.75 bits per heavy atom. The number of hydrogen-bond donors (Lipinski definition) is 2. The van der Waals surface area contributed by atoms with Crippen LogP contribution in [-0.4, -0.2) is 28.8 Å². The molecule has 0 aliphatic carbocycles. The van der Waals surface area contributed by atoms with E-state index in [0.29, 0.717) is 17.3 Å². The molecule has 2 aromatic carbocycles. The molecule has 6 heteroatoms. The second-order valence-corrected chi connectivity index (χ2v) is 5.00. The van der Waals surface area contributed by atoms with Crippen LogP contribution in [0.1, 0.15) is 5.82 Å². The molecule has 0 amide bonds. The number of fused-ring (bicyclic) bond motifs is 1. The van der Waals surface area contributed by atoms with Crippen molar-refractivity contribution in [3.05, 3.63) is 60.1 Å². The average Bonchev–Trinajstić information content (AvgIpc) is 3.04. The van der Waals surface area contributed by atoms with Crippen LogP contribution in [0.3, 0.4) is 0 Å². The number of nitrogens with zero attached hydrogens (tertiary/aromatic N) is 2. The van der Waals surface area contributed by atoms with Gasteiger partial charge in [0.05, 0.1) is 18.1 Å². The minimum atomic E-state index is -0.195. The predicted molar refractivity (Wildman–Crippen MR) is 89.7 cm³/mol. The van der Waals surface area contributed by atoms with E-state index in [0.717, 1.165) is 11.0 Å². The summed E-state index contributed by atoms with van der Waals surface area (Å²) in [6.07, 6.45) is 0. The summed E-state index contributed by atoms with van der Waals surface area (Å²) >= 11 is 0. The summed E-state index contributed by atoms with van der Waals surface area (Å²) in [5.74, 6) is 1.29. The quantitative estimate of drug-likeness (QED) is 0.555. The second-order valence-electron chi connectivity index (χ2n) is 5.00. The molecule has 3 rings (SSSR count). The third-order valence-corrected chi connectivity index (χ3v) is 3.44. The van der Waals surface area contributed by atoms with E-state index in [9.17, 15) is 10.4 Å². The number of allylic oxidation sites excluding steroid dienone is 1. The van der Waals surface area contributed by atoms with Gasteiger partial charge in [-0.25, -0.2) is 4.98 Å². The average molecular weight is 321 g/mol. The van der Waals surface area contributed by atoms with Gasteiger partial charge >= 0.3 is 0 Å². The lowest BCUT2D eigenvalue weighted by atomic mass is 10.2. The van der Waals surface area contributed by atoms with Crippen molar-refractivity contribution >= 4 is 16.6 Å². The molecule has 3 aromatic rings. The first-order chi connectivity index (χ1) is 11.7. The van der Waals surface area contributed by atoms with Gasteiger partial charge in [-0.3, -0.25) is 0 Å². The number of para-hydroxylation sites is 2. The molecule has 0 aliphatic rings. The molecule has 0 saturated carbocycles. The molecule has 0 atom stereocenters. The van der Waals surface area contributed by atoms with Gasteiger partial charge in [0.15, 0.2) is 11.6 Å². The fourth-order valence-electron chi connectivity index (χ4n) is 2.24. The highest BCUT2D eigenvalue weighted by Crippen LogP contribution is 2.21. The van der Waals surface area contributed by atoms with E-state index < -0.39 is 0 Å². The van der Waals surface area contributed by atoms with Crippen molar-refractivity contribution in [1.82, 2.24) is 9.97 Å². The molecular weight excluding hydrogens is 306 g/mol. The zero-order valence-corrected chi connectivity index (χ0v) is 13.0. The Morgan fingerprint density at radius 1 is 1.21 bits per heavy atom. The zero-order chi connectivity index (χ0) is 16.9. The fourth-order valence-corrected chi connectivity index (χ4v) is 2.24. The van der Waals surface area contributed by atoms with Gasteiger partial charge in [-0.2, -0.15) is 5.26 Å². The fraction of sp³-hybridized carbons (Fsp3) is 0.111. The van der Waals surface area contributed by atoms with Crippen molar-refractivity contribution in [2.75, 3.05) is 13.7 Å². The van der Waals surface area contributed by atoms with Gasteiger partial charge in [0, 0.05) is 6.07 Å². The first-order valence-electron chi connectivity index (χ1n) is 7.25. The predicted octanol–water partition coefficient (Wildman–Crippen LogP) is 3.44. The number of nitrogens with one attached hydrogen (secondary N) is 1. The van der Waals surface area contributed by atoms with Crippen LogP contribution in [0, 0.1) is 11.3 Å². The number of aromatic amines is 1. The van der Waals surface area contributed by atoms with Crippen LogP contribution in [0.25, 0.3) is 16.6 Å². The Bertz CT molecular complexity index is 905. The highest BCUT2D eigenvalue weighted by molar-refractivity contribution is 5.82. The van der Waals surface area contributed by atoms with Crippen molar-refractivity contribution in [2.45, 2.75) is 0 Å². The number of aliphatic hydroxyl groups is 1. The summed E-state index contributed by atoms with van der Waals surface area (Å²) in [5, 5.41) is 19.6. The number of hydrogen-bond acceptors (Lipinski definition) is 5. The first kappa shape index (κ1) is 15.4. The maximum absolute atomic E-state index is 10.2. The number of ether oxygens (including phenoxy) is 2. The summed E-state index contributed by atoms with van der Waals surface area (Å²) in [7, 11) is 1.56. The normalized spacial score (nSPS) is 11.7. The second kappa shape index (κ2) is 6.75. The van der Waals surface area contributed by atoms with Crippen molar-refractivity contribution in [2.24, 2.45) is 0 Å². The lowest BCUT2D eigenvalue weighted by Crippen LogP contribution is -2.04. The van der Waals surface area contributed by atoms with Crippen LogP contribution in [0.5, 0.6) is 11.5 Å². The molecule has 2 N–H and O–H groups in total. The molecule has 0 fully saturated rings. The molecular formula is C18H15N3O3. The summed E-state index contributed by atoms with van der Waals surface area (Å²) in [4.78, 5) is 7.33. The number of aliphatic hydroxyl groups excluding tert-OH is 1. The molecule has 0 bridgehead atoms. The molecule has 1 heterocycles. The van der Waals surface area contributed by atoms with E-state index >= 15 is 0 Å². The summed E-state index contributed by atoms with van der Waals surface area (Å²) in [6, 6.07) is 16.4. The molecule has 0 unspecified atom stereocenters. The number of rotatable bonds is 5. The van der Waals surface area contributed by atoms with Crippen molar-refractivity contribution < 1.29 is 14.6 Å². The monoisotopic (exact) mass is 321 g/mol. The number of aromatic nitrogens is 2. The summed E-state index contributed by atoms with van der Waals surface area (Å²) < 4.78 is 10.6. The lowest BCUT2D eigenvalue weighted by molar-refractivity contribution is 0.271. The Labute approximate surface area is 138 Å². The molecule has 0 radical (unpaired) electrons. The largest absolute Gasteiger partial charge is 0.507 e. The maximum Gasteiger partial charge on any atom is 0.152 e. The third-order valence-electron chi connectivity index (χ3n) is 3.44. The molecule has 120 valence electrons. The van der Waals surface area contributed by atoms with Crippen LogP contribution in [-0.2, 0) is 0 Å². The number of H-pyrrole nitrogens is 1. The highest BCUT2D eigenvalue weighted by Gasteiger charge is 2.13. The molecule has 1 aromatic heterocycles. The van der Waals surface area contributed by atoms with Gasteiger partial charge in [-0.05, 0) is 24.3 Å². The van der Waals surface area contributed by atoms with Crippen molar-refractivity contribution in [1.29, 1.82) is 5.26 Å². The zero-order valence-electron chi connectivity index (χ0n) is 13.0. The van der Waals surface area contributed by atoms with Crippen LogP contribution < -0.4 is 9.47 Å². The van der Waals surface area contributed by atoms with E-state index in [1.165, 1.54) is 0 Å². The van der Waals surface area contributed by atoms with Crippen LogP contribution >= 0.6 is 0 Å². The standard InChI is InChI=1S/C18H15N3O3/c1-23-12-5-4-6-13(9-12)24-11-17(22)14(10-19)18-20-15-7-2-3-8-16(15)21-18/h2-9,22H,11H2,1H3,(H,20,21)/b17-14-. The summed E-state index contributed by atoms with van der Waals surface area (Å²) in [6.45, 7) is -0.146. The van der Waals surface area contributed by atoms with Crippen LogP contribution in [0.4, 0.5) is 0 Å². The van der Waals surface area contributed by atoms with Gasteiger partial charge < -0.3 is 19.6 Å². The van der Waals surface area contributed by atoms with Gasteiger partial charge in [0.1, 0.15) is 29.7 Å². The molecule has 0 saturated heterocycles. The van der Waals surface area contributed by atoms with Crippen LogP contribution in [0.15, 0.2) is 54.3 Å². The van der Waals surface area contributed by atoms with E-state index in [4.69, 9.17) is 9.47 Å². The lowest BCUT2D eigenvalue weighted by Gasteiger charge is -2.08. The van der Waals surface area contributed by atoms with E-state index in [2.05, 4.69) is 9.97 Å². The number of imidazole rings is 1. The van der Waals surface area contributed by atoms with Gasteiger partial charge in [-0.1, -0.05) is 18.2 Å². The Balaban J connectivity index is 1.83. The third kappa shape index (κ3) is 3.15. The molecule has 6 nitrogen and oxygen atoms in total. The molecule has 24 heavy (non-hydrogen) atoms. The maximum atomic E-state index is 10.2. The highest BCUT2D eigenvalue weighted by atomic mass is 16.5. The number of nitriles is 1. The topological polar surface area (TPSA) is 91.2 Å². The summed E-state index contributed by atoms with van der Waals surface area (Å²) in [5.41, 5.74) is 1.57. The minimum absolute atomic E-state index is 0.0501. The van der Waals surface area contributed by atoms with Gasteiger partial charge in [-0.15, -0.1) is 0 Å². The smallest absolute Gasteiger partial charge is 0.152 e. The SMILES string of the molecule is COc1cccc(OC/C(O)=C(\C#N)c2nc3ccccc3[nH]2)c1. The van der Waals surface area contributed by atoms with E-state index in [1.807, 2.05) is 30.3 Å². The van der Waals surface area contributed by atoms with E-state index in [-0.39, 0.29) is 17.9 Å². The first-order valence-corrected chi connectivity index (χ1v) is 7.25. The van der Waals surface area contributed by atoms with Gasteiger partial charge in [0.25, 0.3) is 0 Å².